The lowest BCUT2D eigenvalue weighted by Crippen LogP contribution is -2.18. The molecular formula is C14H21NO2. The van der Waals surface area contributed by atoms with Gasteiger partial charge in [-0.2, -0.15) is 0 Å². The number of hydrogen-bond donors (Lipinski definition) is 1. The van der Waals surface area contributed by atoms with E-state index >= 15 is 0 Å². The highest BCUT2D eigenvalue weighted by Crippen LogP contribution is 2.21. The van der Waals surface area contributed by atoms with Gasteiger partial charge >= 0.3 is 6.09 Å². The van der Waals surface area contributed by atoms with E-state index < -0.39 is 6.09 Å². The fraction of sp³-hybridized carbons (Fsp3) is 0.500. The maximum atomic E-state index is 11.4. The van der Waals surface area contributed by atoms with Crippen molar-refractivity contribution in [3.63, 3.8) is 0 Å². The maximum Gasteiger partial charge on any atom is 0.411 e. The van der Waals surface area contributed by atoms with Crippen LogP contribution in [0, 0.1) is 0 Å². The van der Waals surface area contributed by atoms with Gasteiger partial charge in [-0.05, 0) is 43.9 Å². The monoisotopic (exact) mass is 235 g/mol. The maximum absolute atomic E-state index is 11.4. The van der Waals surface area contributed by atoms with Gasteiger partial charge in [-0.3, -0.25) is 5.32 Å². The summed E-state index contributed by atoms with van der Waals surface area (Å²) in [7, 11) is 0. The number of carbonyl (C=O) groups excluding carboxylic acids is 1. The van der Waals surface area contributed by atoms with Crippen LogP contribution in [-0.4, -0.2) is 12.2 Å². The number of carbonyl (C=O) groups is 1. The van der Waals surface area contributed by atoms with E-state index in [1.807, 2.05) is 32.0 Å². The van der Waals surface area contributed by atoms with E-state index in [0.29, 0.717) is 5.92 Å². The van der Waals surface area contributed by atoms with Crippen molar-refractivity contribution >= 4 is 11.8 Å². The number of amides is 1. The quantitative estimate of drug-likeness (QED) is 0.851. The Morgan fingerprint density at radius 2 is 2.06 bits per heavy atom. The molecule has 0 saturated carbocycles. The Labute approximate surface area is 103 Å². The van der Waals surface area contributed by atoms with Gasteiger partial charge in [0.1, 0.15) is 0 Å². The van der Waals surface area contributed by atoms with E-state index in [9.17, 15) is 4.79 Å². The first-order chi connectivity index (χ1) is 8.02. The number of anilines is 1. The van der Waals surface area contributed by atoms with E-state index in [0.717, 1.165) is 12.1 Å². The van der Waals surface area contributed by atoms with Gasteiger partial charge < -0.3 is 4.74 Å². The van der Waals surface area contributed by atoms with E-state index in [4.69, 9.17) is 4.74 Å². The molecule has 0 radical (unpaired) electrons. The van der Waals surface area contributed by atoms with Crippen molar-refractivity contribution in [1.29, 1.82) is 0 Å². The van der Waals surface area contributed by atoms with Gasteiger partial charge in [0.15, 0.2) is 0 Å². The highest BCUT2D eigenvalue weighted by Gasteiger charge is 2.07. The fourth-order valence-electron chi connectivity index (χ4n) is 1.52. The normalized spacial score (nSPS) is 12.3. The summed E-state index contributed by atoms with van der Waals surface area (Å²) in [5, 5.41) is 2.73. The fourth-order valence-corrected chi connectivity index (χ4v) is 1.52. The number of hydrogen-bond acceptors (Lipinski definition) is 2. The molecule has 1 aromatic rings. The molecule has 1 atom stereocenters. The predicted octanol–water partition coefficient (Wildman–Crippen LogP) is 4.16. The second kappa shape index (κ2) is 6.28. The summed E-state index contributed by atoms with van der Waals surface area (Å²) in [4.78, 5) is 11.4. The van der Waals surface area contributed by atoms with Crippen LogP contribution in [0.5, 0.6) is 0 Å². The number of benzene rings is 1. The molecular weight excluding hydrogens is 214 g/mol. The van der Waals surface area contributed by atoms with Gasteiger partial charge in [-0.25, -0.2) is 4.79 Å². The Kier molecular flexibility index (Phi) is 5.01. The molecule has 0 aliphatic heterocycles. The molecule has 1 unspecified atom stereocenters. The second-order valence-electron chi connectivity index (χ2n) is 4.51. The molecule has 0 heterocycles. The topological polar surface area (TPSA) is 38.3 Å². The zero-order valence-electron chi connectivity index (χ0n) is 11.0. The van der Waals surface area contributed by atoms with Gasteiger partial charge in [0.05, 0.1) is 6.10 Å². The van der Waals surface area contributed by atoms with E-state index in [2.05, 4.69) is 25.2 Å². The summed E-state index contributed by atoms with van der Waals surface area (Å²) in [6, 6.07) is 7.89. The summed E-state index contributed by atoms with van der Waals surface area (Å²) >= 11 is 0. The standard InChI is InChI=1S/C14H21NO2/c1-5-11(4)12-7-6-8-13(9-12)15-14(16)17-10(2)3/h6-11H,5H2,1-4H3,(H,15,16). The van der Waals surface area contributed by atoms with Crippen LogP contribution in [0.4, 0.5) is 10.5 Å². The molecule has 94 valence electrons. The molecule has 0 aliphatic carbocycles. The van der Waals surface area contributed by atoms with Crippen molar-refractivity contribution in [1.82, 2.24) is 0 Å². The zero-order chi connectivity index (χ0) is 12.8. The van der Waals surface area contributed by atoms with Crippen LogP contribution in [0.25, 0.3) is 0 Å². The lowest BCUT2D eigenvalue weighted by Gasteiger charge is -2.12. The average Bonchev–Trinajstić information content (AvgIpc) is 2.27. The van der Waals surface area contributed by atoms with Gasteiger partial charge in [-0.1, -0.05) is 26.0 Å². The lowest BCUT2D eigenvalue weighted by molar-refractivity contribution is 0.130. The molecule has 0 spiro atoms. The number of rotatable bonds is 4. The van der Waals surface area contributed by atoms with E-state index in [-0.39, 0.29) is 6.10 Å². The zero-order valence-corrected chi connectivity index (χ0v) is 11.0. The van der Waals surface area contributed by atoms with Gasteiger partial charge in [0.25, 0.3) is 0 Å². The molecule has 3 nitrogen and oxygen atoms in total. The van der Waals surface area contributed by atoms with Crippen LogP contribution in [0.3, 0.4) is 0 Å². The highest BCUT2D eigenvalue weighted by molar-refractivity contribution is 5.84. The third-order valence-electron chi connectivity index (χ3n) is 2.66. The molecule has 1 N–H and O–H groups in total. The van der Waals surface area contributed by atoms with Crippen LogP contribution in [0.2, 0.25) is 0 Å². The van der Waals surface area contributed by atoms with Crippen LogP contribution in [0.1, 0.15) is 45.6 Å². The molecule has 1 rings (SSSR count). The molecule has 1 aromatic carbocycles. The molecule has 17 heavy (non-hydrogen) atoms. The highest BCUT2D eigenvalue weighted by atomic mass is 16.6. The Hall–Kier alpha value is -1.51. The first-order valence-corrected chi connectivity index (χ1v) is 6.10. The van der Waals surface area contributed by atoms with Crippen molar-refractivity contribution in [3.8, 4) is 0 Å². The molecule has 3 heteroatoms. The summed E-state index contributed by atoms with van der Waals surface area (Å²) in [6.07, 6.45) is 0.578. The van der Waals surface area contributed by atoms with Crippen molar-refractivity contribution < 1.29 is 9.53 Å². The summed E-state index contributed by atoms with van der Waals surface area (Å²) < 4.78 is 5.03. The van der Waals surface area contributed by atoms with Gasteiger partial charge in [-0.15, -0.1) is 0 Å². The molecule has 0 fully saturated rings. The first kappa shape index (κ1) is 13.6. The minimum Gasteiger partial charge on any atom is -0.447 e. The Morgan fingerprint density at radius 1 is 1.35 bits per heavy atom. The lowest BCUT2D eigenvalue weighted by atomic mass is 9.98. The number of nitrogens with one attached hydrogen (secondary N) is 1. The molecule has 0 aromatic heterocycles. The summed E-state index contributed by atoms with van der Waals surface area (Å²) in [5.41, 5.74) is 2.02. The van der Waals surface area contributed by atoms with Crippen molar-refractivity contribution in [2.75, 3.05) is 5.32 Å². The second-order valence-corrected chi connectivity index (χ2v) is 4.51. The molecule has 0 bridgehead atoms. The Morgan fingerprint density at radius 3 is 2.65 bits per heavy atom. The minimum atomic E-state index is -0.402. The van der Waals surface area contributed by atoms with Crippen LogP contribution >= 0.6 is 0 Å². The van der Waals surface area contributed by atoms with Crippen molar-refractivity contribution in [2.24, 2.45) is 0 Å². The average molecular weight is 235 g/mol. The number of ether oxygens (including phenoxy) is 1. The van der Waals surface area contributed by atoms with Crippen LogP contribution in [0.15, 0.2) is 24.3 Å². The molecule has 1 amide bonds. The third-order valence-corrected chi connectivity index (χ3v) is 2.66. The SMILES string of the molecule is CCC(C)c1cccc(NC(=O)OC(C)C)c1. The van der Waals surface area contributed by atoms with Crippen LogP contribution < -0.4 is 5.32 Å². The van der Waals surface area contributed by atoms with E-state index in [1.54, 1.807) is 0 Å². The van der Waals surface area contributed by atoms with E-state index in [1.165, 1.54) is 5.56 Å². The Bertz CT molecular complexity index is 374. The third kappa shape index (κ3) is 4.47. The largest absolute Gasteiger partial charge is 0.447 e. The molecule has 0 saturated heterocycles. The van der Waals surface area contributed by atoms with Crippen molar-refractivity contribution in [2.45, 2.75) is 46.1 Å². The first-order valence-electron chi connectivity index (χ1n) is 6.10. The molecule has 0 aliphatic rings. The van der Waals surface area contributed by atoms with Crippen molar-refractivity contribution in [3.05, 3.63) is 29.8 Å². The van der Waals surface area contributed by atoms with Gasteiger partial charge in [0, 0.05) is 5.69 Å². The summed E-state index contributed by atoms with van der Waals surface area (Å²) in [6.45, 7) is 7.98. The smallest absolute Gasteiger partial charge is 0.411 e. The minimum absolute atomic E-state index is 0.104. The Balaban J connectivity index is 2.69. The van der Waals surface area contributed by atoms with Gasteiger partial charge in [0.2, 0.25) is 0 Å². The predicted molar refractivity (Wildman–Crippen MR) is 70.4 cm³/mol. The summed E-state index contributed by atoms with van der Waals surface area (Å²) in [5.74, 6) is 0.498. The van der Waals surface area contributed by atoms with Crippen LogP contribution in [-0.2, 0) is 4.74 Å².